The van der Waals surface area contributed by atoms with Crippen LogP contribution in [0.4, 0.5) is 0 Å². The van der Waals surface area contributed by atoms with Crippen LogP contribution in [0.2, 0.25) is 0 Å². The van der Waals surface area contributed by atoms with Crippen LogP contribution in [0.25, 0.3) is 9.69 Å². The molecule has 0 heterocycles. The topological polar surface area (TPSA) is 25.8 Å². The number of carbonyl (C=O) groups is 1. The largest absolute Gasteiger partial charge is 0.356 e. The van der Waals surface area contributed by atoms with Gasteiger partial charge in [0.2, 0.25) is 5.78 Å². The highest BCUT2D eigenvalue weighted by atomic mass is 16.1. The molecule has 0 N–H and O–H groups in total. The Morgan fingerprint density at radius 2 is 1.93 bits per heavy atom. The van der Waals surface area contributed by atoms with E-state index < -0.39 is 11.6 Å². The minimum absolute atomic E-state index is 0.0743. The standard InChI is InChI=1S/C11H14N2O/c1-10(2)6-8(14)9(12-4)11(3,7-10)13-5/h9H,6-7H2,1-3H3. The third-order valence-electron chi connectivity index (χ3n) is 2.77. The van der Waals surface area contributed by atoms with Gasteiger partial charge in [0, 0.05) is 19.8 Å². The van der Waals surface area contributed by atoms with Crippen molar-refractivity contribution in [2.45, 2.75) is 45.2 Å². The highest BCUT2D eigenvalue weighted by molar-refractivity contribution is 5.89. The Morgan fingerprint density at radius 3 is 2.36 bits per heavy atom. The molecule has 0 aromatic heterocycles. The summed E-state index contributed by atoms with van der Waals surface area (Å²) in [7, 11) is 0. The molecule has 0 saturated heterocycles. The summed E-state index contributed by atoms with van der Waals surface area (Å²) in [4.78, 5) is 18.5. The average Bonchev–Trinajstić information content (AvgIpc) is 2.01. The Balaban J connectivity index is 3.10. The van der Waals surface area contributed by atoms with Crippen LogP contribution < -0.4 is 0 Å². The van der Waals surface area contributed by atoms with Crippen molar-refractivity contribution in [3.05, 3.63) is 22.8 Å². The molecule has 0 bridgehead atoms. The molecule has 14 heavy (non-hydrogen) atoms. The van der Waals surface area contributed by atoms with Crippen molar-refractivity contribution in [3.8, 4) is 0 Å². The Labute approximate surface area is 84.7 Å². The summed E-state index contributed by atoms with van der Waals surface area (Å²) in [5.74, 6) is -0.0743. The Bertz CT molecular complexity index is 345. The SMILES string of the molecule is [C-]#[N+]C1C(=O)CC(C)(C)CC1(C)[N+]#[C-]. The van der Waals surface area contributed by atoms with Crippen molar-refractivity contribution in [2.75, 3.05) is 0 Å². The molecule has 0 spiro atoms. The fraction of sp³-hybridized carbons (Fsp3) is 0.727. The highest BCUT2D eigenvalue weighted by Crippen LogP contribution is 2.42. The van der Waals surface area contributed by atoms with Crippen molar-refractivity contribution >= 4 is 5.78 Å². The molecule has 74 valence electrons. The van der Waals surface area contributed by atoms with Crippen LogP contribution in [0.1, 0.15) is 33.6 Å². The smallest absolute Gasteiger partial charge is 0.301 e. The second-order valence-corrected chi connectivity index (χ2v) is 4.98. The van der Waals surface area contributed by atoms with Crippen molar-refractivity contribution < 1.29 is 4.79 Å². The lowest BCUT2D eigenvalue weighted by atomic mass is 9.66. The maximum absolute atomic E-state index is 11.7. The van der Waals surface area contributed by atoms with Crippen molar-refractivity contribution in [1.82, 2.24) is 0 Å². The first kappa shape index (κ1) is 10.7. The van der Waals surface area contributed by atoms with Crippen LogP contribution in [0, 0.1) is 18.6 Å². The monoisotopic (exact) mass is 190 g/mol. The summed E-state index contributed by atoms with van der Waals surface area (Å²) >= 11 is 0. The van der Waals surface area contributed by atoms with E-state index in [0.717, 1.165) is 0 Å². The van der Waals surface area contributed by atoms with Gasteiger partial charge in [0.05, 0.1) is 0 Å². The number of nitrogens with zero attached hydrogens (tertiary/aromatic N) is 2. The first-order valence-corrected chi connectivity index (χ1v) is 4.62. The molecule has 3 nitrogen and oxygen atoms in total. The van der Waals surface area contributed by atoms with Crippen molar-refractivity contribution in [2.24, 2.45) is 5.41 Å². The normalized spacial score (nSPS) is 35.8. The molecule has 0 radical (unpaired) electrons. The predicted molar refractivity (Wildman–Crippen MR) is 53.4 cm³/mol. The van der Waals surface area contributed by atoms with Gasteiger partial charge >= 0.3 is 11.6 Å². The zero-order valence-corrected chi connectivity index (χ0v) is 8.79. The van der Waals surface area contributed by atoms with Gasteiger partial charge in [-0.1, -0.05) is 13.8 Å². The molecular weight excluding hydrogens is 176 g/mol. The third kappa shape index (κ3) is 1.63. The molecule has 0 aromatic rings. The minimum Gasteiger partial charge on any atom is -0.301 e. The summed E-state index contributed by atoms with van der Waals surface area (Å²) in [6.45, 7) is 19.8. The fourth-order valence-electron chi connectivity index (χ4n) is 2.35. The summed E-state index contributed by atoms with van der Waals surface area (Å²) < 4.78 is 0. The molecule has 0 aliphatic heterocycles. The number of Topliss-reactive ketones (excluding diaryl/α,β-unsaturated/α-hetero) is 1. The summed E-state index contributed by atoms with van der Waals surface area (Å²) in [6, 6.07) is -0.756. The quantitative estimate of drug-likeness (QED) is 0.538. The summed E-state index contributed by atoms with van der Waals surface area (Å²) in [5.41, 5.74) is -0.960. The van der Waals surface area contributed by atoms with Gasteiger partial charge in [-0.2, -0.15) is 0 Å². The maximum atomic E-state index is 11.7. The number of hydrogen-bond acceptors (Lipinski definition) is 1. The minimum atomic E-state index is -0.819. The van der Waals surface area contributed by atoms with Gasteiger partial charge in [-0.3, -0.25) is 9.64 Å². The average molecular weight is 190 g/mol. The van der Waals surface area contributed by atoms with E-state index >= 15 is 0 Å². The molecule has 3 heteroatoms. The van der Waals surface area contributed by atoms with Crippen molar-refractivity contribution in [3.63, 3.8) is 0 Å². The first-order chi connectivity index (χ1) is 6.34. The Kier molecular flexibility index (Phi) is 2.37. The Morgan fingerprint density at radius 1 is 1.36 bits per heavy atom. The van der Waals surface area contributed by atoms with Crippen molar-refractivity contribution in [1.29, 1.82) is 0 Å². The zero-order valence-electron chi connectivity index (χ0n) is 8.79. The van der Waals surface area contributed by atoms with E-state index in [4.69, 9.17) is 13.1 Å². The van der Waals surface area contributed by atoms with Crippen LogP contribution in [-0.2, 0) is 4.79 Å². The molecule has 1 aliphatic carbocycles. The summed E-state index contributed by atoms with van der Waals surface area (Å²) in [6.07, 6.45) is 1.05. The number of hydrogen-bond donors (Lipinski definition) is 0. The fourth-order valence-corrected chi connectivity index (χ4v) is 2.35. The van der Waals surface area contributed by atoms with Gasteiger partial charge < -0.3 is 4.85 Å². The number of rotatable bonds is 0. The second-order valence-electron chi connectivity index (χ2n) is 4.98. The zero-order chi connectivity index (χ0) is 11.0. The lowest BCUT2D eigenvalue weighted by Gasteiger charge is -2.34. The second kappa shape index (κ2) is 3.10. The van der Waals surface area contributed by atoms with E-state index in [1.807, 2.05) is 13.8 Å². The van der Waals surface area contributed by atoms with Gasteiger partial charge in [-0.05, 0) is 5.41 Å². The van der Waals surface area contributed by atoms with Gasteiger partial charge in [0.1, 0.15) is 0 Å². The van der Waals surface area contributed by atoms with E-state index in [2.05, 4.69) is 9.69 Å². The molecule has 1 aliphatic rings. The van der Waals surface area contributed by atoms with E-state index in [-0.39, 0.29) is 11.2 Å². The lowest BCUT2D eigenvalue weighted by molar-refractivity contribution is -0.125. The van der Waals surface area contributed by atoms with Gasteiger partial charge in [-0.15, -0.1) is 0 Å². The maximum Gasteiger partial charge on any atom is 0.356 e. The van der Waals surface area contributed by atoms with Crippen LogP contribution in [0.15, 0.2) is 0 Å². The molecule has 2 atom stereocenters. The number of ketones is 1. The molecule has 0 aromatic carbocycles. The third-order valence-corrected chi connectivity index (χ3v) is 2.77. The molecule has 1 rings (SSSR count). The molecule has 1 saturated carbocycles. The lowest BCUT2D eigenvalue weighted by Crippen LogP contribution is -2.49. The van der Waals surface area contributed by atoms with Crippen LogP contribution >= 0.6 is 0 Å². The van der Waals surface area contributed by atoms with Gasteiger partial charge in [0.25, 0.3) is 0 Å². The van der Waals surface area contributed by atoms with E-state index in [0.29, 0.717) is 12.8 Å². The van der Waals surface area contributed by atoms with E-state index in [1.165, 1.54) is 0 Å². The van der Waals surface area contributed by atoms with Gasteiger partial charge in [0.15, 0.2) is 0 Å². The first-order valence-electron chi connectivity index (χ1n) is 4.62. The van der Waals surface area contributed by atoms with Gasteiger partial charge in [-0.25, -0.2) is 13.1 Å². The van der Waals surface area contributed by atoms with Crippen LogP contribution in [0.3, 0.4) is 0 Å². The number of carbonyl (C=O) groups excluding carboxylic acids is 1. The Hall–Kier alpha value is -1.35. The van der Waals surface area contributed by atoms with Crippen LogP contribution in [0.5, 0.6) is 0 Å². The highest BCUT2D eigenvalue weighted by Gasteiger charge is 2.58. The predicted octanol–water partition coefficient (Wildman–Crippen LogP) is 2.34. The van der Waals surface area contributed by atoms with E-state index in [1.54, 1.807) is 6.92 Å². The molecule has 2 unspecified atom stereocenters. The molecule has 0 amide bonds. The molecular formula is C11H14N2O. The summed E-state index contributed by atoms with van der Waals surface area (Å²) in [5, 5.41) is 0. The van der Waals surface area contributed by atoms with E-state index in [9.17, 15) is 4.79 Å². The van der Waals surface area contributed by atoms with Crippen LogP contribution in [-0.4, -0.2) is 17.4 Å². The molecule has 1 fully saturated rings.